The molecule has 9 aromatic carbocycles. The molecule has 3 aliphatic rings. The van der Waals surface area contributed by atoms with Crippen LogP contribution in [0.2, 0.25) is 0 Å². The van der Waals surface area contributed by atoms with E-state index < -0.39 is 5.41 Å². The summed E-state index contributed by atoms with van der Waals surface area (Å²) in [5, 5.41) is 4.80. The average molecular weight is 911 g/mol. The van der Waals surface area contributed by atoms with Gasteiger partial charge < -0.3 is 13.9 Å². The van der Waals surface area contributed by atoms with Crippen LogP contribution in [-0.4, -0.2) is 10.6 Å². The average Bonchev–Trinajstić information content (AvgIpc) is 4.09. The number of para-hydroxylation sites is 2. The molecule has 3 atom stereocenters. The van der Waals surface area contributed by atoms with E-state index in [0.717, 1.165) is 45.3 Å². The Bertz CT molecular complexity index is 3940. The van der Waals surface area contributed by atoms with Crippen LogP contribution in [0.15, 0.2) is 259 Å². The molecule has 2 aromatic heterocycles. The molecule has 11 aromatic rings. The molecule has 2 heterocycles. The minimum Gasteiger partial charge on any atom is -0.453 e. The van der Waals surface area contributed by atoms with Gasteiger partial charge in [0.2, 0.25) is 0 Å². The van der Waals surface area contributed by atoms with Gasteiger partial charge in [0.05, 0.1) is 23.2 Å². The molecule has 0 aliphatic heterocycles. The number of fused-ring (bicyclic) bond motifs is 10. The Labute approximate surface area is 414 Å². The molecular weight excluding hydrogens is 861 g/mol. The van der Waals surface area contributed by atoms with E-state index in [1.165, 1.54) is 71.9 Å². The Balaban J connectivity index is 0.932. The number of rotatable bonds is 8. The third kappa shape index (κ3) is 6.36. The maximum Gasteiger partial charge on any atom is 0.159 e. The van der Waals surface area contributed by atoms with Crippen molar-refractivity contribution in [3.05, 3.63) is 283 Å². The number of hydrogen-bond acceptors (Lipinski definition) is 2. The van der Waals surface area contributed by atoms with Crippen LogP contribution in [0.4, 0.5) is 11.4 Å². The highest BCUT2D eigenvalue weighted by Gasteiger charge is 2.47. The van der Waals surface area contributed by atoms with Gasteiger partial charge in [0.25, 0.3) is 0 Å². The number of aromatic nitrogens is 1. The summed E-state index contributed by atoms with van der Waals surface area (Å²) >= 11 is 0. The predicted molar refractivity (Wildman–Crippen MR) is 296 cm³/mol. The predicted octanol–water partition coefficient (Wildman–Crippen LogP) is 17.6. The number of allylic oxidation sites excluding steroid dienone is 6. The van der Waals surface area contributed by atoms with Crippen LogP contribution >= 0.6 is 0 Å². The van der Waals surface area contributed by atoms with Crippen molar-refractivity contribution in [2.24, 2.45) is 5.92 Å². The molecule has 3 unspecified atom stereocenters. The zero-order valence-corrected chi connectivity index (χ0v) is 39.5. The van der Waals surface area contributed by atoms with Crippen molar-refractivity contribution in [3.8, 4) is 22.3 Å². The van der Waals surface area contributed by atoms with E-state index in [4.69, 9.17) is 4.42 Å². The molecular formula is C68H50N2O. The summed E-state index contributed by atoms with van der Waals surface area (Å²) in [4.78, 5) is 2.52. The van der Waals surface area contributed by atoms with Crippen molar-refractivity contribution in [3.63, 3.8) is 0 Å². The Hall–Kier alpha value is -8.66. The lowest BCUT2D eigenvalue weighted by molar-refractivity contribution is 0.606. The first-order valence-electron chi connectivity index (χ1n) is 25.1. The molecule has 0 amide bonds. The fourth-order valence-corrected chi connectivity index (χ4v) is 12.5. The third-order valence-corrected chi connectivity index (χ3v) is 15.7. The van der Waals surface area contributed by atoms with Crippen LogP contribution in [0.25, 0.3) is 71.6 Å². The number of anilines is 2. The monoisotopic (exact) mass is 910 g/mol. The lowest BCUT2D eigenvalue weighted by Crippen LogP contribution is -2.35. The summed E-state index contributed by atoms with van der Waals surface area (Å²) in [6.07, 6.45) is 17.1. The molecule has 338 valence electrons. The quantitative estimate of drug-likeness (QED) is 0.151. The second-order valence-corrected chi connectivity index (χ2v) is 19.5. The molecule has 0 radical (unpaired) electrons. The SMILES string of the molecule is CC1C=C(c2ccccc2)C=CC1N(c1ccc(-c2ccc3c(c2)c2ccccc2n3C2C=CC=CC2)cc1)c1cccc2c1oc1c3c(ccc12)C(c1ccccc1)(c1ccccc1)c1ccccc1-3. The number of nitrogens with zero attached hydrogens (tertiary/aromatic N) is 2. The molecule has 14 rings (SSSR count). The molecule has 0 bridgehead atoms. The van der Waals surface area contributed by atoms with Crippen molar-refractivity contribution in [2.75, 3.05) is 4.90 Å². The Morgan fingerprint density at radius 3 is 1.96 bits per heavy atom. The molecule has 3 aliphatic carbocycles. The largest absolute Gasteiger partial charge is 0.453 e. The Kier molecular flexibility index (Phi) is 9.60. The van der Waals surface area contributed by atoms with Gasteiger partial charge in [0, 0.05) is 43.8 Å². The lowest BCUT2D eigenvalue weighted by atomic mass is 9.68. The minimum absolute atomic E-state index is 0.00790. The Morgan fingerprint density at radius 1 is 0.521 bits per heavy atom. The Morgan fingerprint density at radius 2 is 1.20 bits per heavy atom. The number of furan rings is 1. The second kappa shape index (κ2) is 16.5. The van der Waals surface area contributed by atoms with Gasteiger partial charge in [-0.1, -0.05) is 225 Å². The second-order valence-electron chi connectivity index (χ2n) is 19.5. The van der Waals surface area contributed by atoms with Crippen LogP contribution < -0.4 is 4.90 Å². The van der Waals surface area contributed by atoms with E-state index in [1.807, 2.05) is 0 Å². The van der Waals surface area contributed by atoms with Gasteiger partial charge in [-0.2, -0.15) is 0 Å². The van der Waals surface area contributed by atoms with Gasteiger partial charge in [0.15, 0.2) is 5.58 Å². The highest BCUT2D eigenvalue weighted by atomic mass is 16.3. The van der Waals surface area contributed by atoms with Gasteiger partial charge in [-0.25, -0.2) is 0 Å². The van der Waals surface area contributed by atoms with Gasteiger partial charge in [-0.05, 0) is 98.8 Å². The van der Waals surface area contributed by atoms with Crippen LogP contribution in [0.1, 0.15) is 47.2 Å². The number of benzene rings is 9. The van der Waals surface area contributed by atoms with E-state index in [9.17, 15) is 0 Å². The normalized spacial score (nSPS) is 17.8. The van der Waals surface area contributed by atoms with Crippen molar-refractivity contribution < 1.29 is 4.42 Å². The first-order valence-corrected chi connectivity index (χ1v) is 25.1. The summed E-state index contributed by atoms with van der Waals surface area (Å²) in [7, 11) is 0. The molecule has 71 heavy (non-hydrogen) atoms. The molecule has 3 heteroatoms. The maximum absolute atomic E-state index is 7.49. The van der Waals surface area contributed by atoms with Gasteiger partial charge in [-0.3, -0.25) is 0 Å². The van der Waals surface area contributed by atoms with Crippen molar-refractivity contribution in [1.82, 2.24) is 4.57 Å². The van der Waals surface area contributed by atoms with E-state index in [-0.39, 0.29) is 12.0 Å². The van der Waals surface area contributed by atoms with E-state index in [0.29, 0.717) is 6.04 Å². The summed E-state index contributed by atoms with van der Waals surface area (Å²) in [6, 6.07) is 78.5. The first kappa shape index (κ1) is 41.3. The molecule has 0 N–H and O–H groups in total. The highest BCUT2D eigenvalue weighted by molar-refractivity contribution is 6.15. The molecule has 0 saturated heterocycles. The standard InChI is InChI=1S/C68H50N2O/c1-45-43-48(46-19-6-2-7-20-46)35-41-61(45)69(53-37-33-47(34-38-53)49-36-42-63-58(44-49)54-27-15-17-31-62(54)70(63)52-25-12-5-13-26-52)64-32-18-29-55-56-39-40-60-65(67(56)71-66(55)64)57-28-14-16-30-59(57)68(60,50-21-8-3-9-22-50)51-23-10-4-11-24-51/h2-25,27-45,52,61H,26H2,1H3. The maximum atomic E-state index is 7.49. The van der Waals surface area contributed by atoms with Crippen molar-refractivity contribution in [1.29, 1.82) is 0 Å². The van der Waals surface area contributed by atoms with E-state index in [1.54, 1.807) is 0 Å². The lowest BCUT2D eigenvalue weighted by Gasteiger charge is -2.37. The fraction of sp³-hybridized carbons (Fsp3) is 0.0882. The number of hydrogen-bond donors (Lipinski definition) is 0. The van der Waals surface area contributed by atoms with Crippen LogP contribution in [0.3, 0.4) is 0 Å². The van der Waals surface area contributed by atoms with Crippen molar-refractivity contribution >= 4 is 60.7 Å². The smallest absolute Gasteiger partial charge is 0.159 e. The summed E-state index contributed by atoms with van der Waals surface area (Å²) < 4.78 is 10.0. The van der Waals surface area contributed by atoms with Gasteiger partial charge in [-0.15, -0.1) is 0 Å². The van der Waals surface area contributed by atoms with Crippen molar-refractivity contribution in [2.45, 2.75) is 30.8 Å². The summed E-state index contributed by atoms with van der Waals surface area (Å²) in [5.74, 6) is 0.178. The zero-order valence-electron chi connectivity index (χ0n) is 39.5. The summed E-state index contributed by atoms with van der Waals surface area (Å²) in [5.41, 5.74) is 18.2. The molecule has 0 spiro atoms. The van der Waals surface area contributed by atoms with E-state index >= 15 is 0 Å². The molecule has 0 fully saturated rings. The zero-order chi connectivity index (χ0) is 47.0. The molecule has 0 saturated carbocycles. The highest BCUT2D eigenvalue weighted by Crippen LogP contribution is 2.59. The topological polar surface area (TPSA) is 21.3 Å². The minimum atomic E-state index is -0.519. The van der Waals surface area contributed by atoms with E-state index in [2.05, 4.69) is 271 Å². The van der Waals surface area contributed by atoms with Gasteiger partial charge in [0.1, 0.15) is 5.58 Å². The third-order valence-electron chi connectivity index (χ3n) is 15.7. The summed E-state index contributed by atoms with van der Waals surface area (Å²) in [6.45, 7) is 2.35. The van der Waals surface area contributed by atoms with Crippen LogP contribution in [-0.2, 0) is 5.41 Å². The van der Waals surface area contributed by atoms with Gasteiger partial charge >= 0.3 is 0 Å². The molecule has 3 nitrogen and oxygen atoms in total. The van der Waals surface area contributed by atoms with Crippen LogP contribution in [0.5, 0.6) is 0 Å². The van der Waals surface area contributed by atoms with Crippen LogP contribution in [0, 0.1) is 5.92 Å². The fourth-order valence-electron chi connectivity index (χ4n) is 12.5. The first-order chi connectivity index (χ1) is 35.1.